The average molecular weight is 272 g/mol. The Morgan fingerprint density at radius 1 is 1.44 bits per heavy atom. The van der Waals surface area contributed by atoms with Crippen molar-refractivity contribution < 1.29 is 32.6 Å². The molecule has 106 valence electrons. The highest BCUT2D eigenvalue weighted by Crippen LogP contribution is 2.13. The van der Waals surface area contributed by atoms with Crippen molar-refractivity contribution in [1.29, 1.82) is 0 Å². The minimum absolute atomic E-state index is 0.245. The summed E-state index contributed by atoms with van der Waals surface area (Å²) in [6.07, 6.45) is -3.22. The molecule has 0 heterocycles. The van der Waals surface area contributed by atoms with E-state index in [1.165, 1.54) is 6.08 Å². The van der Waals surface area contributed by atoms with Crippen LogP contribution in [-0.2, 0) is 9.53 Å². The minimum Gasteiger partial charge on any atom is -0.475 e. The Kier molecular flexibility index (Phi) is 10.7. The first-order valence-electron chi connectivity index (χ1n) is 4.77. The molecule has 0 aliphatic carbocycles. The van der Waals surface area contributed by atoms with Crippen LogP contribution >= 0.6 is 0 Å². The largest absolute Gasteiger partial charge is 0.490 e. The number of carboxylic acids is 1. The predicted molar refractivity (Wildman–Crippen MR) is 56.9 cm³/mol. The molecular weight excluding hydrogens is 257 g/mol. The summed E-state index contributed by atoms with van der Waals surface area (Å²) in [6.45, 7) is 4.78. The Hall–Kier alpha value is -1.77. The quantitative estimate of drug-likeness (QED) is 0.509. The molecule has 4 N–H and O–H groups in total. The van der Waals surface area contributed by atoms with Crippen molar-refractivity contribution in [2.75, 3.05) is 19.7 Å². The zero-order chi connectivity index (χ0) is 14.6. The SMILES string of the molecule is C=CCOC(=O)NCCCN.O=C(O)C(F)(F)F. The van der Waals surface area contributed by atoms with Gasteiger partial charge in [-0.05, 0) is 13.0 Å². The van der Waals surface area contributed by atoms with E-state index in [2.05, 4.69) is 16.6 Å². The number of nitrogens with two attached hydrogens (primary N) is 1. The second-order valence-electron chi connectivity index (χ2n) is 2.76. The van der Waals surface area contributed by atoms with Crippen LogP contribution in [0.3, 0.4) is 0 Å². The van der Waals surface area contributed by atoms with E-state index >= 15 is 0 Å². The lowest BCUT2D eigenvalue weighted by Crippen LogP contribution is -2.26. The number of carbonyl (C=O) groups excluding carboxylic acids is 1. The first-order valence-corrected chi connectivity index (χ1v) is 4.77. The zero-order valence-corrected chi connectivity index (χ0v) is 9.50. The standard InChI is InChI=1S/C7H14N2O2.C2HF3O2/c1-2-6-11-7(10)9-5-3-4-8;3-2(4,5)1(6)7/h2H,1,3-6,8H2,(H,9,10);(H,6,7). The van der Waals surface area contributed by atoms with Crippen LogP contribution in [0.1, 0.15) is 6.42 Å². The molecule has 0 aromatic rings. The van der Waals surface area contributed by atoms with Crippen molar-refractivity contribution in [1.82, 2.24) is 5.32 Å². The summed E-state index contributed by atoms with van der Waals surface area (Å²) >= 11 is 0. The van der Waals surface area contributed by atoms with Crippen molar-refractivity contribution in [3.05, 3.63) is 12.7 Å². The van der Waals surface area contributed by atoms with Crippen LogP contribution in [0.25, 0.3) is 0 Å². The molecule has 0 saturated heterocycles. The third kappa shape index (κ3) is 14.2. The van der Waals surface area contributed by atoms with Crippen molar-refractivity contribution in [2.45, 2.75) is 12.6 Å². The fourth-order valence-corrected chi connectivity index (χ4v) is 0.478. The lowest BCUT2D eigenvalue weighted by Gasteiger charge is -2.02. The molecule has 0 spiro atoms. The Morgan fingerprint density at radius 2 is 1.94 bits per heavy atom. The second-order valence-corrected chi connectivity index (χ2v) is 2.76. The molecule has 18 heavy (non-hydrogen) atoms. The van der Waals surface area contributed by atoms with E-state index in [1.807, 2.05) is 0 Å². The van der Waals surface area contributed by atoms with E-state index in [1.54, 1.807) is 0 Å². The molecule has 0 aliphatic rings. The number of alkyl halides is 3. The highest BCUT2D eigenvalue weighted by atomic mass is 19.4. The third-order valence-corrected chi connectivity index (χ3v) is 1.23. The predicted octanol–water partition coefficient (Wildman–Crippen LogP) is 0.881. The maximum atomic E-state index is 10.7. The number of halogens is 3. The minimum atomic E-state index is -5.08. The van der Waals surface area contributed by atoms with Crippen LogP contribution in [0.4, 0.5) is 18.0 Å². The smallest absolute Gasteiger partial charge is 0.475 e. The van der Waals surface area contributed by atoms with Crippen LogP contribution in [0, 0.1) is 0 Å². The number of carbonyl (C=O) groups is 2. The third-order valence-electron chi connectivity index (χ3n) is 1.23. The molecule has 0 radical (unpaired) electrons. The van der Waals surface area contributed by atoms with E-state index in [0.29, 0.717) is 13.1 Å². The van der Waals surface area contributed by atoms with Crippen LogP contribution in [0.5, 0.6) is 0 Å². The van der Waals surface area contributed by atoms with E-state index in [4.69, 9.17) is 15.6 Å². The molecule has 0 atom stereocenters. The van der Waals surface area contributed by atoms with Gasteiger partial charge >= 0.3 is 18.2 Å². The zero-order valence-electron chi connectivity index (χ0n) is 9.50. The lowest BCUT2D eigenvalue weighted by molar-refractivity contribution is -0.192. The molecule has 0 bridgehead atoms. The van der Waals surface area contributed by atoms with Crippen molar-refractivity contribution in [2.24, 2.45) is 5.73 Å². The highest BCUT2D eigenvalue weighted by Gasteiger charge is 2.38. The normalized spacial score (nSPS) is 9.78. The van der Waals surface area contributed by atoms with Crippen LogP contribution in [0.2, 0.25) is 0 Å². The van der Waals surface area contributed by atoms with Gasteiger partial charge in [0.2, 0.25) is 0 Å². The van der Waals surface area contributed by atoms with Crippen LogP contribution in [0.15, 0.2) is 12.7 Å². The summed E-state index contributed by atoms with van der Waals surface area (Å²) in [5.41, 5.74) is 5.21. The first-order chi connectivity index (χ1) is 8.25. The number of rotatable bonds is 5. The number of nitrogens with one attached hydrogen (secondary N) is 1. The van der Waals surface area contributed by atoms with Crippen molar-refractivity contribution in [3.63, 3.8) is 0 Å². The van der Waals surface area contributed by atoms with Crippen molar-refractivity contribution in [3.8, 4) is 0 Å². The Bertz CT molecular complexity index is 269. The summed E-state index contributed by atoms with van der Waals surface area (Å²) < 4.78 is 36.4. The molecule has 0 rings (SSSR count). The maximum absolute atomic E-state index is 10.7. The summed E-state index contributed by atoms with van der Waals surface area (Å²) in [5.74, 6) is -2.76. The van der Waals surface area contributed by atoms with Gasteiger partial charge in [0.15, 0.2) is 0 Å². The number of carboxylic acid groups (broad SMARTS) is 1. The monoisotopic (exact) mass is 272 g/mol. The Balaban J connectivity index is 0. The second kappa shape index (κ2) is 10.4. The molecule has 9 heteroatoms. The number of hydrogen-bond donors (Lipinski definition) is 3. The molecule has 0 aromatic carbocycles. The fourth-order valence-electron chi connectivity index (χ4n) is 0.478. The van der Waals surface area contributed by atoms with E-state index < -0.39 is 18.2 Å². The molecule has 6 nitrogen and oxygen atoms in total. The fraction of sp³-hybridized carbons (Fsp3) is 0.556. The molecule has 0 saturated carbocycles. The Morgan fingerprint density at radius 3 is 2.28 bits per heavy atom. The summed E-state index contributed by atoms with van der Waals surface area (Å²) in [7, 11) is 0. The summed E-state index contributed by atoms with van der Waals surface area (Å²) in [5, 5.41) is 9.65. The van der Waals surface area contributed by atoms with Gasteiger partial charge in [0, 0.05) is 6.54 Å². The number of alkyl carbamates (subject to hydrolysis) is 1. The van der Waals surface area contributed by atoms with Gasteiger partial charge in [-0.1, -0.05) is 12.7 Å². The molecule has 0 fully saturated rings. The number of aliphatic carboxylic acids is 1. The lowest BCUT2D eigenvalue weighted by atomic mass is 10.4. The maximum Gasteiger partial charge on any atom is 0.490 e. The van der Waals surface area contributed by atoms with Gasteiger partial charge in [0.25, 0.3) is 0 Å². The van der Waals surface area contributed by atoms with Gasteiger partial charge in [0.1, 0.15) is 6.61 Å². The van der Waals surface area contributed by atoms with E-state index in [9.17, 15) is 18.0 Å². The topological polar surface area (TPSA) is 102 Å². The molecule has 0 unspecified atom stereocenters. The van der Waals surface area contributed by atoms with Gasteiger partial charge in [-0.25, -0.2) is 9.59 Å². The summed E-state index contributed by atoms with van der Waals surface area (Å²) in [4.78, 5) is 19.6. The van der Waals surface area contributed by atoms with Gasteiger partial charge in [-0.15, -0.1) is 0 Å². The molecule has 1 amide bonds. The first kappa shape index (κ1) is 18.6. The van der Waals surface area contributed by atoms with Gasteiger partial charge in [-0.3, -0.25) is 0 Å². The van der Waals surface area contributed by atoms with Gasteiger partial charge in [-0.2, -0.15) is 13.2 Å². The summed E-state index contributed by atoms with van der Waals surface area (Å²) in [6, 6.07) is 0. The number of amides is 1. The highest BCUT2D eigenvalue weighted by molar-refractivity contribution is 5.73. The molecule has 0 aliphatic heterocycles. The van der Waals surface area contributed by atoms with Gasteiger partial charge < -0.3 is 20.9 Å². The van der Waals surface area contributed by atoms with Crippen LogP contribution < -0.4 is 11.1 Å². The van der Waals surface area contributed by atoms with Gasteiger partial charge in [0.05, 0.1) is 0 Å². The van der Waals surface area contributed by atoms with E-state index in [0.717, 1.165) is 6.42 Å². The molecular formula is C9H15F3N2O4. The van der Waals surface area contributed by atoms with Crippen LogP contribution in [-0.4, -0.2) is 43.0 Å². The van der Waals surface area contributed by atoms with Crippen molar-refractivity contribution >= 4 is 12.1 Å². The number of ether oxygens (including phenoxy) is 1. The molecule has 0 aromatic heterocycles. The van der Waals surface area contributed by atoms with E-state index in [-0.39, 0.29) is 6.61 Å². The Labute approximate surface area is 102 Å². The average Bonchev–Trinajstić information content (AvgIpc) is 2.26. The number of hydrogen-bond acceptors (Lipinski definition) is 4.